The molecule has 2 bridgehead atoms. The van der Waals surface area contributed by atoms with Crippen LogP contribution in [0.25, 0.3) is 0 Å². The summed E-state index contributed by atoms with van der Waals surface area (Å²) < 4.78 is 0. The van der Waals surface area contributed by atoms with E-state index in [1.165, 1.54) is 0 Å². The molecular weight excluding hydrogens is 200 g/mol. The minimum Gasteiger partial charge on any atom is -0.299 e. The van der Waals surface area contributed by atoms with E-state index in [0.717, 1.165) is 12.8 Å². The summed E-state index contributed by atoms with van der Waals surface area (Å²) in [7, 11) is 0. The molecule has 2 aliphatic rings. The summed E-state index contributed by atoms with van der Waals surface area (Å²) in [5.41, 5.74) is -0.467. The minimum absolute atomic E-state index is 0.0331. The van der Waals surface area contributed by atoms with Gasteiger partial charge in [0.2, 0.25) is 5.24 Å². The number of ketones is 1. The normalized spacial score (nSPS) is 39.1. The molecule has 2 fully saturated rings. The van der Waals surface area contributed by atoms with Gasteiger partial charge in [0.05, 0.1) is 0 Å². The Labute approximate surface area is 89.0 Å². The smallest absolute Gasteiger partial charge is 0.222 e. The van der Waals surface area contributed by atoms with Gasteiger partial charge in [-0.25, -0.2) is 0 Å². The standard InChI is InChI=1S/C11H15ClO2/c1-10(2)7-3-4-11(10,6-9(12)14)8(13)5-7/h7H,3-6H2,1-2H3. The van der Waals surface area contributed by atoms with Gasteiger partial charge in [0.1, 0.15) is 5.78 Å². The predicted octanol–water partition coefficient (Wildman–Crippen LogP) is 2.54. The lowest BCUT2D eigenvalue weighted by atomic mass is 9.67. The number of carbonyl (C=O) groups excluding carboxylic acids is 2. The van der Waals surface area contributed by atoms with E-state index in [4.69, 9.17) is 11.6 Å². The molecule has 0 radical (unpaired) electrons. The zero-order chi connectivity index (χ0) is 10.6. The number of halogens is 1. The molecule has 0 N–H and O–H groups in total. The van der Waals surface area contributed by atoms with Gasteiger partial charge in [0, 0.05) is 18.3 Å². The molecule has 0 aromatic carbocycles. The number of Topliss-reactive ketones (excluding diaryl/α,β-unsaturated/α-hetero) is 1. The lowest BCUT2D eigenvalue weighted by Crippen LogP contribution is -2.37. The maximum absolute atomic E-state index is 11.9. The molecule has 2 rings (SSSR count). The van der Waals surface area contributed by atoms with Gasteiger partial charge in [-0.3, -0.25) is 9.59 Å². The van der Waals surface area contributed by atoms with Crippen LogP contribution in [0.4, 0.5) is 0 Å². The summed E-state index contributed by atoms with van der Waals surface area (Å²) in [6.07, 6.45) is 2.80. The van der Waals surface area contributed by atoms with Crippen molar-refractivity contribution in [2.75, 3.05) is 0 Å². The zero-order valence-corrected chi connectivity index (χ0v) is 9.36. The monoisotopic (exact) mass is 214 g/mol. The third-order valence-corrected chi connectivity index (χ3v) is 4.71. The van der Waals surface area contributed by atoms with E-state index >= 15 is 0 Å². The number of carbonyl (C=O) groups is 2. The average molecular weight is 215 g/mol. The first-order chi connectivity index (χ1) is 6.40. The van der Waals surface area contributed by atoms with Gasteiger partial charge in [0.15, 0.2) is 0 Å². The van der Waals surface area contributed by atoms with Gasteiger partial charge in [-0.2, -0.15) is 0 Å². The fraction of sp³-hybridized carbons (Fsp3) is 0.818. The molecule has 0 aromatic heterocycles. The van der Waals surface area contributed by atoms with Crippen molar-refractivity contribution in [1.82, 2.24) is 0 Å². The molecule has 14 heavy (non-hydrogen) atoms. The number of rotatable bonds is 2. The van der Waals surface area contributed by atoms with Crippen LogP contribution in [0.15, 0.2) is 0 Å². The Hall–Kier alpha value is -0.370. The third kappa shape index (κ3) is 1.04. The highest BCUT2D eigenvalue weighted by Gasteiger charge is 2.64. The second-order valence-electron chi connectivity index (χ2n) is 5.20. The van der Waals surface area contributed by atoms with E-state index in [1.807, 2.05) is 0 Å². The molecule has 3 heteroatoms. The van der Waals surface area contributed by atoms with Crippen molar-refractivity contribution in [2.45, 2.75) is 39.5 Å². The molecule has 0 saturated heterocycles. The van der Waals surface area contributed by atoms with E-state index in [-0.39, 0.29) is 22.9 Å². The Balaban J connectivity index is 2.39. The van der Waals surface area contributed by atoms with Gasteiger partial charge in [-0.05, 0) is 35.8 Å². The fourth-order valence-electron chi connectivity index (χ4n) is 3.42. The van der Waals surface area contributed by atoms with Crippen LogP contribution >= 0.6 is 11.6 Å². The van der Waals surface area contributed by atoms with Gasteiger partial charge < -0.3 is 0 Å². The number of fused-ring (bicyclic) bond motifs is 2. The van der Waals surface area contributed by atoms with E-state index in [9.17, 15) is 9.59 Å². The number of hydrogen-bond acceptors (Lipinski definition) is 2. The van der Waals surface area contributed by atoms with E-state index in [2.05, 4.69) is 13.8 Å². The van der Waals surface area contributed by atoms with Crippen LogP contribution in [0.2, 0.25) is 0 Å². The number of hydrogen-bond donors (Lipinski definition) is 0. The Kier molecular flexibility index (Phi) is 2.04. The van der Waals surface area contributed by atoms with Crippen LogP contribution in [-0.2, 0) is 9.59 Å². The van der Waals surface area contributed by atoms with Crippen molar-refractivity contribution in [3.05, 3.63) is 0 Å². The summed E-state index contributed by atoms with van der Waals surface area (Å²) in [5, 5.41) is -0.367. The van der Waals surface area contributed by atoms with Crippen molar-refractivity contribution in [3.8, 4) is 0 Å². The van der Waals surface area contributed by atoms with Crippen molar-refractivity contribution >= 4 is 22.6 Å². The van der Waals surface area contributed by atoms with Crippen molar-refractivity contribution in [2.24, 2.45) is 16.7 Å². The highest BCUT2D eigenvalue weighted by molar-refractivity contribution is 6.63. The molecule has 0 aromatic rings. The summed E-state index contributed by atoms with van der Waals surface area (Å²) in [5.74, 6) is 0.721. The summed E-state index contributed by atoms with van der Waals surface area (Å²) >= 11 is 5.45. The molecule has 0 amide bonds. The van der Waals surface area contributed by atoms with E-state index in [0.29, 0.717) is 12.3 Å². The van der Waals surface area contributed by atoms with Crippen LogP contribution in [0.3, 0.4) is 0 Å². The van der Waals surface area contributed by atoms with E-state index < -0.39 is 5.41 Å². The first-order valence-electron chi connectivity index (χ1n) is 5.12. The van der Waals surface area contributed by atoms with Crippen molar-refractivity contribution in [1.29, 1.82) is 0 Å². The summed E-state index contributed by atoms with van der Waals surface area (Å²) in [4.78, 5) is 22.9. The highest BCUT2D eigenvalue weighted by Crippen LogP contribution is 2.65. The summed E-state index contributed by atoms with van der Waals surface area (Å²) in [6.45, 7) is 4.21. The molecule has 2 saturated carbocycles. The largest absolute Gasteiger partial charge is 0.299 e. The second-order valence-corrected chi connectivity index (χ2v) is 5.62. The first-order valence-corrected chi connectivity index (χ1v) is 5.49. The Morgan fingerprint density at radius 1 is 1.57 bits per heavy atom. The molecule has 0 heterocycles. The Morgan fingerprint density at radius 3 is 2.57 bits per heavy atom. The maximum Gasteiger partial charge on any atom is 0.222 e. The highest BCUT2D eigenvalue weighted by atomic mass is 35.5. The van der Waals surface area contributed by atoms with Crippen LogP contribution < -0.4 is 0 Å². The average Bonchev–Trinajstić information content (AvgIpc) is 2.36. The van der Waals surface area contributed by atoms with Gasteiger partial charge in [-0.1, -0.05) is 13.8 Å². The topological polar surface area (TPSA) is 34.1 Å². The minimum atomic E-state index is -0.434. The molecule has 2 nitrogen and oxygen atoms in total. The van der Waals surface area contributed by atoms with Crippen LogP contribution in [0.5, 0.6) is 0 Å². The molecule has 2 atom stereocenters. The van der Waals surface area contributed by atoms with Crippen LogP contribution in [0, 0.1) is 16.7 Å². The molecular formula is C11H15ClO2. The van der Waals surface area contributed by atoms with E-state index in [1.54, 1.807) is 0 Å². The molecule has 78 valence electrons. The predicted molar refractivity (Wildman–Crippen MR) is 54.0 cm³/mol. The van der Waals surface area contributed by atoms with Crippen molar-refractivity contribution in [3.63, 3.8) is 0 Å². The lowest BCUT2D eigenvalue weighted by molar-refractivity contribution is -0.133. The van der Waals surface area contributed by atoms with Crippen LogP contribution in [-0.4, -0.2) is 11.0 Å². The maximum atomic E-state index is 11.9. The van der Waals surface area contributed by atoms with Gasteiger partial charge >= 0.3 is 0 Å². The second kappa shape index (κ2) is 2.82. The van der Waals surface area contributed by atoms with Crippen molar-refractivity contribution < 1.29 is 9.59 Å². The first kappa shape index (κ1) is 10.2. The molecule has 0 spiro atoms. The quantitative estimate of drug-likeness (QED) is 0.662. The summed E-state index contributed by atoms with van der Waals surface area (Å²) in [6, 6.07) is 0. The lowest BCUT2D eigenvalue weighted by Gasteiger charge is -2.35. The molecule has 2 aliphatic carbocycles. The molecule has 0 aliphatic heterocycles. The SMILES string of the molecule is CC1(C)C2CCC1(CC(=O)Cl)C(=O)C2. The fourth-order valence-corrected chi connectivity index (χ4v) is 3.65. The van der Waals surface area contributed by atoms with Gasteiger partial charge in [-0.15, -0.1) is 0 Å². The Bertz CT molecular complexity index is 308. The third-order valence-electron chi connectivity index (χ3n) is 4.58. The molecule has 2 unspecified atom stereocenters. The zero-order valence-electron chi connectivity index (χ0n) is 8.60. The van der Waals surface area contributed by atoms with Crippen LogP contribution in [0.1, 0.15) is 39.5 Å². The van der Waals surface area contributed by atoms with Gasteiger partial charge in [0.25, 0.3) is 0 Å². The Morgan fingerprint density at radius 2 is 2.21 bits per heavy atom.